The first-order valence-electron chi connectivity index (χ1n) is 24.5. The van der Waals surface area contributed by atoms with E-state index in [1.807, 2.05) is 82.2 Å². The van der Waals surface area contributed by atoms with Crippen LogP contribution in [0.3, 0.4) is 0 Å². The van der Waals surface area contributed by atoms with Crippen LogP contribution >= 0.6 is 46.2 Å². The van der Waals surface area contributed by atoms with E-state index in [1.54, 1.807) is 56.1 Å². The zero-order valence-electron chi connectivity index (χ0n) is 43.4. The molecular formula is C53H60N12O7S4. The molecule has 0 saturated carbocycles. The van der Waals surface area contributed by atoms with Crippen molar-refractivity contribution in [3.8, 4) is 11.5 Å². The topological polar surface area (TPSA) is 201 Å². The summed E-state index contributed by atoms with van der Waals surface area (Å²) in [6, 6.07) is 12.7. The van der Waals surface area contributed by atoms with E-state index in [2.05, 4.69) is 32.3 Å². The number of piperazine rings is 1. The Bertz CT molecular complexity index is 3130. The molecule has 398 valence electrons. The van der Waals surface area contributed by atoms with Gasteiger partial charge in [-0.25, -0.2) is 15.0 Å². The normalized spacial score (nSPS) is 15.0. The number of nitrogens with zero attached hydrogens (tertiary/aromatic N) is 10. The summed E-state index contributed by atoms with van der Waals surface area (Å²) in [6.07, 6.45) is 11.8. The minimum atomic E-state index is -0.302. The van der Waals surface area contributed by atoms with Crippen LogP contribution < -0.4 is 20.1 Å². The van der Waals surface area contributed by atoms with Crippen LogP contribution in [0.15, 0.2) is 104 Å². The van der Waals surface area contributed by atoms with Gasteiger partial charge in [0.15, 0.2) is 10.3 Å². The van der Waals surface area contributed by atoms with E-state index in [0.29, 0.717) is 109 Å². The number of aryl methyl sites for hydroxylation is 2. The minimum absolute atomic E-state index is 0.159. The molecule has 2 aliphatic rings. The molecule has 0 spiro atoms. The van der Waals surface area contributed by atoms with Crippen molar-refractivity contribution in [2.24, 2.45) is 0 Å². The van der Waals surface area contributed by atoms with Crippen LogP contribution in [0.5, 0.6) is 11.5 Å². The molecule has 8 rings (SSSR count). The Morgan fingerprint density at radius 2 is 1.51 bits per heavy atom. The van der Waals surface area contributed by atoms with Crippen LogP contribution in [0, 0.1) is 13.8 Å². The second kappa shape index (κ2) is 25.2. The van der Waals surface area contributed by atoms with Crippen LogP contribution in [0.4, 0.5) is 16.1 Å². The zero-order chi connectivity index (χ0) is 54.0. The molecule has 5 amide bonds. The van der Waals surface area contributed by atoms with E-state index in [1.165, 1.54) is 71.7 Å². The first-order chi connectivity index (χ1) is 36.6. The van der Waals surface area contributed by atoms with Gasteiger partial charge in [-0.1, -0.05) is 58.8 Å². The number of methoxy groups -OCH3 is 2. The number of hydrogen-bond donors (Lipinski definition) is 2. The lowest BCUT2D eigenvalue weighted by atomic mass is 10.1. The number of nitrogens with one attached hydrogen (secondary N) is 2. The van der Waals surface area contributed by atoms with E-state index in [4.69, 9.17) is 14.5 Å². The number of carbonyl (C=O) groups is 5. The fourth-order valence-corrected chi connectivity index (χ4v) is 12.6. The molecule has 2 aliphatic heterocycles. The van der Waals surface area contributed by atoms with Crippen LogP contribution in [0.1, 0.15) is 61.2 Å². The molecule has 19 nitrogen and oxygen atoms in total. The molecule has 2 fully saturated rings. The molecular weight excluding hydrogens is 1040 g/mol. The number of likely N-dealkylation sites (N-methyl/N-ethyl adjacent to an activating group) is 1. The highest BCUT2D eigenvalue weighted by molar-refractivity contribution is 8.01. The number of hydrogen-bond acceptors (Lipinski definition) is 17. The third-order valence-corrected chi connectivity index (χ3v) is 17.1. The number of aromatic nitrogens is 5. The van der Waals surface area contributed by atoms with Crippen molar-refractivity contribution in [1.82, 2.24) is 49.2 Å². The molecule has 1 atom stereocenters. The molecule has 0 aliphatic carbocycles. The molecule has 2 N–H and O–H groups in total. The molecule has 6 heterocycles. The number of ether oxygens (including phenoxy) is 2. The highest BCUT2D eigenvalue weighted by Gasteiger charge is 2.30. The molecule has 0 unspecified atom stereocenters. The number of benzene rings is 2. The summed E-state index contributed by atoms with van der Waals surface area (Å²) in [5.41, 5.74) is 3.57. The first kappa shape index (κ1) is 55.2. The first-order valence-corrected chi connectivity index (χ1v) is 27.7. The fourth-order valence-electron chi connectivity index (χ4n) is 8.48. The van der Waals surface area contributed by atoms with Gasteiger partial charge in [0, 0.05) is 86.7 Å². The van der Waals surface area contributed by atoms with Gasteiger partial charge in [-0.05, 0) is 101 Å². The highest BCUT2D eigenvalue weighted by Crippen LogP contribution is 2.42. The Balaban J connectivity index is 0.932. The van der Waals surface area contributed by atoms with Gasteiger partial charge >= 0.3 is 0 Å². The van der Waals surface area contributed by atoms with Crippen molar-refractivity contribution in [2.75, 3.05) is 91.3 Å². The average Bonchev–Trinajstić information content (AvgIpc) is 4.16. The Kier molecular flexibility index (Phi) is 18.3. The predicted octanol–water partition coefficient (Wildman–Crippen LogP) is 7.93. The number of rotatable bonds is 18. The van der Waals surface area contributed by atoms with Gasteiger partial charge < -0.3 is 39.3 Å². The van der Waals surface area contributed by atoms with Crippen molar-refractivity contribution in [2.45, 2.75) is 58.0 Å². The quantitative estimate of drug-likeness (QED) is 0.0786. The van der Waals surface area contributed by atoms with Gasteiger partial charge in [0.2, 0.25) is 11.8 Å². The fraction of sp³-hybridized carbons (Fsp3) is 0.340. The van der Waals surface area contributed by atoms with Gasteiger partial charge in [-0.3, -0.25) is 34.0 Å². The van der Waals surface area contributed by atoms with E-state index in [-0.39, 0.29) is 35.6 Å². The maximum absolute atomic E-state index is 14.3. The Morgan fingerprint density at radius 3 is 2.17 bits per heavy atom. The van der Waals surface area contributed by atoms with Crippen molar-refractivity contribution < 1.29 is 33.4 Å². The standard InChI is InChI=1S/C53H60N12O7S4/c1-9-45(66)65-18-12-17-63(31-35(65)4)50(70)38-28-43(34(3)26-41(38)72-8)74-51-39(57-53(76-51)58-44-13-10-11-16-54-44)14-15-46(67)61-20-22-62(23-21-61)49(69)37-27-42(33(2)25-40(37)71-7)73-47-30-55-52(75-47)59-48(68)36-29-56-64(32-36)24-19-60(5)6/h9-11,13-16,25-30,32,35H,1,12,17-24,31H2,2-8H3,(H,54,57,58)(H,55,59,68)/b15-14+/t35-/m1/s1. The molecule has 2 saturated heterocycles. The van der Waals surface area contributed by atoms with E-state index in [0.717, 1.165) is 35.9 Å². The summed E-state index contributed by atoms with van der Waals surface area (Å²) < 4.78 is 14.8. The maximum atomic E-state index is 14.3. The molecule has 6 aromatic rings. The second-order valence-corrected chi connectivity index (χ2v) is 22.9. The van der Waals surface area contributed by atoms with E-state index < -0.39 is 0 Å². The Morgan fingerprint density at radius 1 is 0.829 bits per heavy atom. The number of anilines is 3. The third kappa shape index (κ3) is 13.5. The lowest BCUT2D eigenvalue weighted by Crippen LogP contribution is -2.50. The lowest BCUT2D eigenvalue weighted by Gasteiger charge is -2.34. The minimum Gasteiger partial charge on any atom is -0.496 e. The third-order valence-electron chi connectivity index (χ3n) is 12.6. The van der Waals surface area contributed by atoms with E-state index >= 15 is 0 Å². The van der Waals surface area contributed by atoms with Crippen molar-refractivity contribution in [3.05, 3.63) is 119 Å². The van der Waals surface area contributed by atoms with Crippen molar-refractivity contribution in [1.29, 1.82) is 0 Å². The Labute approximate surface area is 458 Å². The van der Waals surface area contributed by atoms with Crippen LogP contribution in [-0.2, 0) is 16.1 Å². The van der Waals surface area contributed by atoms with Crippen LogP contribution in [0.25, 0.3) is 6.08 Å². The molecule has 76 heavy (non-hydrogen) atoms. The molecule has 0 radical (unpaired) electrons. The second-order valence-electron chi connectivity index (χ2n) is 18.2. The zero-order valence-corrected chi connectivity index (χ0v) is 46.7. The monoisotopic (exact) mass is 1100 g/mol. The van der Waals surface area contributed by atoms with Gasteiger partial charge in [0.05, 0.1) is 64.0 Å². The summed E-state index contributed by atoms with van der Waals surface area (Å²) in [4.78, 5) is 92.2. The summed E-state index contributed by atoms with van der Waals surface area (Å²) >= 11 is 5.59. The van der Waals surface area contributed by atoms with Crippen molar-refractivity contribution in [3.63, 3.8) is 0 Å². The van der Waals surface area contributed by atoms with Crippen molar-refractivity contribution >= 4 is 97.9 Å². The van der Waals surface area contributed by atoms with Crippen LogP contribution in [0.2, 0.25) is 0 Å². The number of pyridine rings is 1. The maximum Gasteiger partial charge on any atom is 0.260 e. The van der Waals surface area contributed by atoms with E-state index in [9.17, 15) is 24.0 Å². The van der Waals surface area contributed by atoms with Gasteiger partial charge in [-0.2, -0.15) is 5.10 Å². The molecule has 23 heteroatoms. The van der Waals surface area contributed by atoms with Gasteiger partial charge in [0.25, 0.3) is 17.7 Å². The summed E-state index contributed by atoms with van der Waals surface area (Å²) in [5, 5.41) is 11.4. The van der Waals surface area contributed by atoms with Crippen LogP contribution in [-0.4, -0.2) is 165 Å². The number of amides is 5. The Hall–Kier alpha value is -7.05. The molecule has 4 aromatic heterocycles. The summed E-state index contributed by atoms with van der Waals surface area (Å²) in [6.45, 7) is 13.5. The SMILES string of the molecule is C=CC(=O)N1CCCN(C(=O)c2cc(Sc3sc(Nc4ccccn4)nc3/C=C/C(=O)N3CCN(C(=O)c4cc(Sc5cnc(NC(=O)c6cnn(CCN(C)C)c6)s5)c(C)cc4OC)CC3)c(C)cc2OC)C[C@H]1C. The molecule has 0 bridgehead atoms. The summed E-state index contributed by atoms with van der Waals surface area (Å²) in [5.74, 6) is 0.389. The van der Waals surface area contributed by atoms with Gasteiger partial charge in [0.1, 0.15) is 17.3 Å². The summed E-state index contributed by atoms with van der Waals surface area (Å²) in [7, 11) is 7.03. The van der Waals surface area contributed by atoms with Gasteiger partial charge in [-0.15, -0.1) is 0 Å². The smallest absolute Gasteiger partial charge is 0.260 e. The highest BCUT2D eigenvalue weighted by atomic mass is 32.2. The number of thiazole rings is 2. The largest absolute Gasteiger partial charge is 0.496 e. The molecule has 2 aromatic carbocycles. The predicted molar refractivity (Wildman–Crippen MR) is 298 cm³/mol. The number of carbonyl (C=O) groups excluding carboxylic acids is 5. The lowest BCUT2D eigenvalue weighted by molar-refractivity contribution is -0.128. The average molecular weight is 1110 g/mol.